The molecular formula is C27H29ClN8O2S. The number of para-hydroxylation sites is 1. The fraction of sp³-hybridized carbons (Fsp3) is 0.296. The number of rotatable bonds is 8. The van der Waals surface area contributed by atoms with E-state index >= 15 is 0 Å². The molecule has 3 heterocycles. The zero-order chi connectivity index (χ0) is 27.4. The molecule has 1 fully saturated rings. The molecule has 0 aliphatic carbocycles. The number of benzene rings is 2. The Hall–Kier alpha value is -3.64. The zero-order valence-electron chi connectivity index (χ0n) is 21.7. The van der Waals surface area contributed by atoms with Crippen LogP contribution in [0.5, 0.6) is 0 Å². The van der Waals surface area contributed by atoms with Gasteiger partial charge in [-0.1, -0.05) is 64.9 Å². The van der Waals surface area contributed by atoms with Crippen molar-refractivity contribution < 1.29 is 9.90 Å². The van der Waals surface area contributed by atoms with Crippen LogP contribution in [-0.2, 0) is 0 Å². The van der Waals surface area contributed by atoms with Gasteiger partial charge in [0.15, 0.2) is 11.0 Å². The first-order valence-electron chi connectivity index (χ1n) is 12.6. The molecule has 2 aromatic heterocycles. The molecular weight excluding hydrogens is 536 g/mol. The fourth-order valence-corrected chi connectivity index (χ4v) is 5.18. The molecule has 1 saturated heterocycles. The van der Waals surface area contributed by atoms with E-state index in [1.165, 1.54) is 17.5 Å². The quantitative estimate of drug-likeness (QED) is 0.286. The van der Waals surface area contributed by atoms with Crippen LogP contribution in [0.2, 0.25) is 5.02 Å². The molecule has 202 valence electrons. The van der Waals surface area contributed by atoms with Gasteiger partial charge in [-0.2, -0.15) is 15.0 Å². The van der Waals surface area contributed by atoms with Crippen LogP contribution in [0, 0.1) is 13.8 Å². The third kappa shape index (κ3) is 6.51. The summed E-state index contributed by atoms with van der Waals surface area (Å²) >= 11 is 7.47. The number of hydrogen-bond donors (Lipinski definition) is 3. The number of aromatic nitrogens is 4. The van der Waals surface area contributed by atoms with E-state index in [2.05, 4.69) is 35.4 Å². The first kappa shape index (κ1) is 26.9. The largest absolute Gasteiger partial charge is 0.395 e. The molecule has 10 nitrogen and oxygen atoms in total. The van der Waals surface area contributed by atoms with Crippen molar-refractivity contribution in [1.82, 2.24) is 24.8 Å². The molecule has 5 rings (SSSR count). The van der Waals surface area contributed by atoms with Gasteiger partial charge in [0.05, 0.1) is 23.5 Å². The van der Waals surface area contributed by atoms with Crippen molar-refractivity contribution in [3.8, 4) is 11.4 Å². The van der Waals surface area contributed by atoms with Crippen molar-refractivity contribution in [3.05, 3.63) is 69.7 Å². The SMILES string of the molecule is Cc1ccc(-c2nc(Nc3ncc(C(=O)Nc4c(C)cccc4Cl)s3)nc(N3CCN(CCO)CC3)n2)cc1. The average molecular weight is 565 g/mol. The molecule has 0 spiro atoms. The minimum atomic E-state index is -0.297. The lowest BCUT2D eigenvalue weighted by atomic mass is 10.1. The van der Waals surface area contributed by atoms with Gasteiger partial charge in [-0.3, -0.25) is 15.0 Å². The van der Waals surface area contributed by atoms with Gasteiger partial charge in [0.25, 0.3) is 5.91 Å². The van der Waals surface area contributed by atoms with Gasteiger partial charge in [-0.25, -0.2) is 4.98 Å². The number of hydrogen-bond acceptors (Lipinski definition) is 10. The lowest BCUT2D eigenvalue weighted by Crippen LogP contribution is -2.47. The molecule has 1 aliphatic rings. The van der Waals surface area contributed by atoms with Gasteiger partial charge < -0.3 is 15.3 Å². The number of thiazole rings is 1. The van der Waals surface area contributed by atoms with Crippen LogP contribution in [-0.4, -0.2) is 75.2 Å². The molecule has 1 amide bonds. The number of aliphatic hydroxyl groups is 1. The maximum absolute atomic E-state index is 12.9. The predicted molar refractivity (Wildman–Crippen MR) is 155 cm³/mol. The van der Waals surface area contributed by atoms with Crippen LogP contribution >= 0.6 is 22.9 Å². The Bertz CT molecular complexity index is 1430. The highest BCUT2D eigenvalue weighted by Gasteiger charge is 2.21. The Balaban J connectivity index is 1.38. The molecule has 1 aliphatic heterocycles. The van der Waals surface area contributed by atoms with Crippen molar-refractivity contribution >= 4 is 51.6 Å². The van der Waals surface area contributed by atoms with E-state index in [0.29, 0.717) is 45.0 Å². The molecule has 12 heteroatoms. The Labute approximate surface area is 235 Å². The lowest BCUT2D eigenvalue weighted by Gasteiger charge is -2.34. The third-order valence-corrected chi connectivity index (χ3v) is 7.64. The third-order valence-electron chi connectivity index (χ3n) is 6.41. The van der Waals surface area contributed by atoms with Gasteiger partial charge >= 0.3 is 0 Å². The van der Waals surface area contributed by atoms with Crippen LogP contribution in [0.3, 0.4) is 0 Å². The maximum Gasteiger partial charge on any atom is 0.267 e. The van der Waals surface area contributed by atoms with E-state index in [9.17, 15) is 9.90 Å². The summed E-state index contributed by atoms with van der Waals surface area (Å²) in [5.41, 5.74) is 3.47. The Morgan fingerprint density at radius 3 is 2.54 bits per heavy atom. The number of carbonyl (C=O) groups excluding carboxylic acids is 1. The number of anilines is 4. The second-order valence-corrected chi connectivity index (χ2v) is 10.7. The summed E-state index contributed by atoms with van der Waals surface area (Å²) in [4.78, 5) is 36.1. The average Bonchev–Trinajstić information content (AvgIpc) is 3.40. The van der Waals surface area contributed by atoms with Gasteiger partial charge in [-0.15, -0.1) is 0 Å². The van der Waals surface area contributed by atoms with E-state index in [-0.39, 0.29) is 12.5 Å². The van der Waals surface area contributed by atoms with E-state index < -0.39 is 0 Å². The first-order chi connectivity index (χ1) is 18.9. The second kappa shape index (κ2) is 12.0. The van der Waals surface area contributed by atoms with E-state index in [1.807, 2.05) is 50.2 Å². The second-order valence-electron chi connectivity index (χ2n) is 9.24. The summed E-state index contributed by atoms with van der Waals surface area (Å²) < 4.78 is 0. The standard InChI is InChI=1S/C27H29ClN8O2S/c1-17-6-8-19(9-7-17)23-31-25(33-26(32-23)36-12-10-35(11-13-36)14-15-37)34-27-29-16-21(39-27)24(38)30-22-18(2)4-3-5-20(22)28/h3-9,16,37H,10-15H2,1-2H3,(H,30,38)(H,29,31,32,33,34). The van der Waals surface area contributed by atoms with E-state index in [4.69, 9.17) is 16.6 Å². The summed E-state index contributed by atoms with van der Waals surface area (Å²) in [5.74, 6) is 1.16. The summed E-state index contributed by atoms with van der Waals surface area (Å²) in [6.45, 7) is 7.81. The molecule has 0 saturated carbocycles. The molecule has 0 atom stereocenters. The highest BCUT2D eigenvalue weighted by atomic mass is 35.5. The van der Waals surface area contributed by atoms with E-state index in [1.54, 1.807) is 6.07 Å². The van der Waals surface area contributed by atoms with Crippen molar-refractivity contribution in [3.63, 3.8) is 0 Å². The number of aryl methyl sites for hydroxylation is 2. The van der Waals surface area contributed by atoms with Crippen molar-refractivity contribution in [2.24, 2.45) is 0 Å². The Morgan fingerprint density at radius 1 is 1.05 bits per heavy atom. The first-order valence-corrected chi connectivity index (χ1v) is 13.8. The van der Waals surface area contributed by atoms with Gasteiger partial charge in [0.1, 0.15) is 4.88 Å². The minimum absolute atomic E-state index is 0.142. The predicted octanol–water partition coefficient (Wildman–Crippen LogP) is 4.38. The summed E-state index contributed by atoms with van der Waals surface area (Å²) in [7, 11) is 0. The smallest absolute Gasteiger partial charge is 0.267 e. The summed E-state index contributed by atoms with van der Waals surface area (Å²) in [6.07, 6.45) is 1.51. The van der Waals surface area contributed by atoms with Crippen LogP contribution < -0.4 is 15.5 Å². The lowest BCUT2D eigenvalue weighted by molar-refractivity contribution is 0.103. The maximum atomic E-state index is 12.9. The number of nitrogens with zero attached hydrogens (tertiary/aromatic N) is 6. The van der Waals surface area contributed by atoms with Crippen LogP contribution in [0.4, 0.5) is 22.7 Å². The van der Waals surface area contributed by atoms with Crippen LogP contribution in [0.15, 0.2) is 48.7 Å². The number of carbonyl (C=O) groups is 1. The number of nitrogens with one attached hydrogen (secondary N) is 2. The Morgan fingerprint density at radius 2 is 1.82 bits per heavy atom. The van der Waals surface area contributed by atoms with Gasteiger partial charge in [0, 0.05) is 38.3 Å². The minimum Gasteiger partial charge on any atom is -0.395 e. The van der Waals surface area contributed by atoms with Crippen molar-refractivity contribution in [2.45, 2.75) is 13.8 Å². The summed E-state index contributed by atoms with van der Waals surface area (Å²) in [5, 5.41) is 16.3. The number of piperazine rings is 1. The molecule has 39 heavy (non-hydrogen) atoms. The van der Waals surface area contributed by atoms with Crippen LogP contribution in [0.25, 0.3) is 11.4 Å². The van der Waals surface area contributed by atoms with Crippen LogP contribution in [0.1, 0.15) is 20.8 Å². The highest BCUT2D eigenvalue weighted by Crippen LogP contribution is 2.28. The monoisotopic (exact) mass is 564 g/mol. The zero-order valence-corrected chi connectivity index (χ0v) is 23.3. The summed E-state index contributed by atoms with van der Waals surface area (Å²) in [6, 6.07) is 13.5. The number of amides is 1. The Kier molecular flexibility index (Phi) is 8.32. The normalized spacial score (nSPS) is 13.9. The van der Waals surface area contributed by atoms with E-state index in [0.717, 1.165) is 42.9 Å². The van der Waals surface area contributed by atoms with Gasteiger partial charge in [-0.05, 0) is 25.5 Å². The molecule has 2 aromatic carbocycles. The molecule has 3 N–H and O–H groups in total. The topological polar surface area (TPSA) is 119 Å². The van der Waals surface area contributed by atoms with Crippen molar-refractivity contribution in [1.29, 1.82) is 0 Å². The fourth-order valence-electron chi connectivity index (χ4n) is 4.20. The number of β-amino-alcohol motifs (C(OH)–C–C–N with tert-alkyl or cyclic N) is 1. The highest BCUT2D eigenvalue weighted by molar-refractivity contribution is 7.17. The van der Waals surface area contributed by atoms with Crippen molar-refractivity contribution in [2.75, 3.05) is 54.9 Å². The molecule has 0 radical (unpaired) electrons. The molecule has 0 bridgehead atoms. The number of aliphatic hydroxyl groups excluding tert-OH is 1. The van der Waals surface area contributed by atoms with Gasteiger partial charge in [0.2, 0.25) is 11.9 Å². The number of halogens is 1. The molecule has 0 unspecified atom stereocenters. The molecule has 4 aromatic rings.